The van der Waals surface area contributed by atoms with Gasteiger partial charge in [0.1, 0.15) is 5.78 Å². The van der Waals surface area contributed by atoms with Crippen LogP contribution in [0.1, 0.15) is 52.9 Å². The van der Waals surface area contributed by atoms with Gasteiger partial charge >= 0.3 is 0 Å². The average molecular weight is 236 g/mol. The van der Waals surface area contributed by atoms with Gasteiger partial charge in [-0.15, -0.1) is 0 Å². The van der Waals surface area contributed by atoms with E-state index in [1.165, 1.54) is 19.3 Å². The minimum Gasteiger partial charge on any atom is -0.395 e. The molecular formula is C15H24O2. The number of Topliss-reactive ketones (excluding diaryl/α,β-unsaturated/α-hetero) is 1. The van der Waals surface area contributed by atoms with Gasteiger partial charge in [0.25, 0.3) is 0 Å². The summed E-state index contributed by atoms with van der Waals surface area (Å²) in [5.74, 6) is 1.14. The first kappa shape index (κ1) is 11.7. The molecule has 3 fully saturated rings. The molecule has 0 heterocycles. The Morgan fingerprint density at radius 3 is 2.65 bits per heavy atom. The van der Waals surface area contributed by atoms with E-state index < -0.39 is 5.41 Å². The minimum absolute atomic E-state index is 0.0463. The molecule has 2 nitrogen and oxygen atoms in total. The highest BCUT2D eigenvalue weighted by Crippen LogP contribution is 2.78. The SMILES string of the molecule is CC1CC[C@]23CCC[C@]12C(C)C(=O)[C@]3(C)CO. The Kier molecular flexibility index (Phi) is 2.16. The summed E-state index contributed by atoms with van der Waals surface area (Å²) < 4.78 is 0. The van der Waals surface area contributed by atoms with Crippen molar-refractivity contribution < 1.29 is 9.90 Å². The molecule has 96 valence electrons. The van der Waals surface area contributed by atoms with E-state index in [0.29, 0.717) is 11.7 Å². The monoisotopic (exact) mass is 236 g/mol. The quantitative estimate of drug-likeness (QED) is 0.760. The van der Waals surface area contributed by atoms with Crippen molar-refractivity contribution in [2.24, 2.45) is 28.1 Å². The summed E-state index contributed by atoms with van der Waals surface area (Å²) in [4.78, 5) is 12.7. The average Bonchev–Trinajstić information content (AvgIpc) is 2.88. The number of aliphatic hydroxyl groups excluding tert-OH is 1. The zero-order valence-electron chi connectivity index (χ0n) is 11.3. The highest BCUT2D eigenvalue weighted by atomic mass is 16.3. The summed E-state index contributed by atoms with van der Waals surface area (Å²) in [6.45, 7) is 6.55. The van der Waals surface area contributed by atoms with Gasteiger partial charge in [-0.3, -0.25) is 4.79 Å². The van der Waals surface area contributed by atoms with Crippen LogP contribution in [0.4, 0.5) is 0 Å². The molecule has 3 saturated carbocycles. The molecule has 17 heavy (non-hydrogen) atoms. The summed E-state index contributed by atoms with van der Waals surface area (Å²) >= 11 is 0. The normalized spacial score (nSPS) is 57.3. The summed E-state index contributed by atoms with van der Waals surface area (Å²) in [5.41, 5.74) is -0.139. The molecule has 3 rings (SSSR count). The molecule has 0 aromatic carbocycles. The second-order valence-corrected chi connectivity index (χ2v) is 6.99. The van der Waals surface area contributed by atoms with Gasteiger partial charge in [0.15, 0.2) is 0 Å². The lowest BCUT2D eigenvalue weighted by molar-refractivity contribution is -0.134. The van der Waals surface area contributed by atoms with Crippen LogP contribution >= 0.6 is 0 Å². The molecule has 0 saturated heterocycles. The van der Waals surface area contributed by atoms with E-state index in [4.69, 9.17) is 0 Å². The summed E-state index contributed by atoms with van der Waals surface area (Å²) in [5, 5.41) is 9.86. The van der Waals surface area contributed by atoms with Crippen molar-refractivity contribution >= 4 is 5.78 Å². The molecule has 0 aliphatic heterocycles. The van der Waals surface area contributed by atoms with Gasteiger partial charge in [-0.25, -0.2) is 0 Å². The molecule has 0 radical (unpaired) electrons. The van der Waals surface area contributed by atoms with Gasteiger partial charge in [0, 0.05) is 5.92 Å². The van der Waals surface area contributed by atoms with Crippen LogP contribution in [-0.2, 0) is 4.79 Å². The topological polar surface area (TPSA) is 37.3 Å². The molecule has 5 atom stereocenters. The maximum atomic E-state index is 12.7. The molecule has 0 bridgehead atoms. The Bertz CT molecular complexity index is 377. The van der Waals surface area contributed by atoms with Crippen molar-refractivity contribution in [3.05, 3.63) is 0 Å². The third-order valence-electron chi connectivity index (χ3n) is 7.05. The Hall–Kier alpha value is -0.370. The predicted octanol–water partition coefficient (Wildman–Crippen LogP) is 2.79. The van der Waals surface area contributed by atoms with Gasteiger partial charge < -0.3 is 5.11 Å². The van der Waals surface area contributed by atoms with Crippen LogP contribution in [0.5, 0.6) is 0 Å². The number of carbonyl (C=O) groups is 1. The van der Waals surface area contributed by atoms with Crippen molar-refractivity contribution in [3.8, 4) is 0 Å². The second-order valence-electron chi connectivity index (χ2n) is 6.99. The van der Waals surface area contributed by atoms with Crippen molar-refractivity contribution in [1.29, 1.82) is 0 Å². The van der Waals surface area contributed by atoms with E-state index in [9.17, 15) is 9.90 Å². The van der Waals surface area contributed by atoms with Gasteiger partial charge in [-0.1, -0.05) is 20.3 Å². The first-order valence-electron chi connectivity index (χ1n) is 7.11. The fraction of sp³-hybridized carbons (Fsp3) is 0.933. The van der Waals surface area contributed by atoms with E-state index in [1.54, 1.807) is 0 Å². The molecule has 2 heteroatoms. The highest BCUT2D eigenvalue weighted by Gasteiger charge is 2.77. The maximum Gasteiger partial charge on any atom is 0.145 e. The van der Waals surface area contributed by atoms with Crippen molar-refractivity contribution in [2.75, 3.05) is 6.61 Å². The maximum absolute atomic E-state index is 12.7. The van der Waals surface area contributed by atoms with Gasteiger partial charge in [0.05, 0.1) is 12.0 Å². The molecule has 1 N–H and O–H groups in total. The van der Waals surface area contributed by atoms with E-state index in [1.807, 2.05) is 6.92 Å². The van der Waals surface area contributed by atoms with E-state index in [0.717, 1.165) is 12.8 Å². The van der Waals surface area contributed by atoms with E-state index in [2.05, 4.69) is 13.8 Å². The fourth-order valence-electron chi connectivity index (χ4n) is 6.25. The number of ketones is 1. The first-order chi connectivity index (χ1) is 7.96. The lowest BCUT2D eigenvalue weighted by atomic mass is 9.58. The Morgan fingerprint density at radius 2 is 2.00 bits per heavy atom. The van der Waals surface area contributed by atoms with Gasteiger partial charge in [-0.05, 0) is 49.4 Å². The van der Waals surface area contributed by atoms with Crippen LogP contribution in [0.15, 0.2) is 0 Å². The van der Waals surface area contributed by atoms with Gasteiger partial charge in [-0.2, -0.15) is 0 Å². The van der Waals surface area contributed by atoms with Crippen LogP contribution in [0.3, 0.4) is 0 Å². The molecule has 3 aliphatic carbocycles. The Labute approximate surface area is 104 Å². The lowest BCUT2D eigenvalue weighted by Gasteiger charge is -2.45. The van der Waals surface area contributed by atoms with Crippen LogP contribution in [0.25, 0.3) is 0 Å². The molecule has 3 aliphatic rings. The number of aliphatic hydroxyl groups is 1. The fourth-order valence-corrected chi connectivity index (χ4v) is 6.25. The van der Waals surface area contributed by atoms with Crippen molar-refractivity contribution in [1.82, 2.24) is 0 Å². The minimum atomic E-state index is -0.465. The standard InChI is InChI=1S/C15H24O2/c1-10-5-8-14-6-4-7-15(10,14)11(2)12(17)13(14,3)9-16/h10-11,16H,4-9H2,1-3H3/t10?,11?,13-,14-,15+/m0/s1. The second kappa shape index (κ2) is 3.14. The van der Waals surface area contributed by atoms with E-state index in [-0.39, 0.29) is 23.4 Å². The van der Waals surface area contributed by atoms with E-state index >= 15 is 0 Å². The summed E-state index contributed by atoms with van der Waals surface area (Å²) in [7, 11) is 0. The zero-order valence-corrected chi connectivity index (χ0v) is 11.3. The zero-order chi connectivity index (χ0) is 12.5. The molecule has 0 amide bonds. The number of carbonyl (C=O) groups excluding carboxylic acids is 1. The Morgan fingerprint density at radius 1 is 1.29 bits per heavy atom. The molecule has 0 spiro atoms. The van der Waals surface area contributed by atoms with Crippen molar-refractivity contribution in [3.63, 3.8) is 0 Å². The van der Waals surface area contributed by atoms with Gasteiger partial charge in [0.2, 0.25) is 0 Å². The number of hydrogen-bond acceptors (Lipinski definition) is 2. The molecule has 2 unspecified atom stereocenters. The van der Waals surface area contributed by atoms with Crippen molar-refractivity contribution in [2.45, 2.75) is 52.9 Å². The van der Waals surface area contributed by atoms with Crippen LogP contribution in [-0.4, -0.2) is 17.5 Å². The number of hydrogen-bond donors (Lipinski definition) is 1. The Balaban J connectivity index is 2.23. The summed E-state index contributed by atoms with van der Waals surface area (Å²) in [6, 6.07) is 0. The predicted molar refractivity (Wildman–Crippen MR) is 66.5 cm³/mol. The van der Waals surface area contributed by atoms with Crippen LogP contribution in [0.2, 0.25) is 0 Å². The number of rotatable bonds is 1. The molecular weight excluding hydrogens is 212 g/mol. The lowest BCUT2D eigenvalue weighted by Crippen LogP contribution is -2.45. The van der Waals surface area contributed by atoms with Crippen LogP contribution in [0, 0.1) is 28.1 Å². The third-order valence-corrected chi connectivity index (χ3v) is 7.05. The smallest absolute Gasteiger partial charge is 0.145 e. The first-order valence-corrected chi connectivity index (χ1v) is 7.11. The summed E-state index contributed by atoms with van der Waals surface area (Å²) in [6.07, 6.45) is 6.01. The molecule has 0 aromatic heterocycles. The van der Waals surface area contributed by atoms with Crippen LogP contribution < -0.4 is 0 Å². The molecule has 0 aromatic rings. The highest BCUT2D eigenvalue weighted by molar-refractivity contribution is 5.92. The third kappa shape index (κ3) is 0.905. The largest absolute Gasteiger partial charge is 0.395 e.